The van der Waals surface area contributed by atoms with Crippen LogP contribution in [-0.4, -0.2) is 77.7 Å². The van der Waals surface area contributed by atoms with E-state index >= 15 is 0 Å². The molecule has 10 heteroatoms. The van der Waals surface area contributed by atoms with Gasteiger partial charge in [0.2, 0.25) is 11.8 Å². The van der Waals surface area contributed by atoms with Crippen molar-refractivity contribution < 1.29 is 29.0 Å². The Morgan fingerprint density at radius 3 is 2.24 bits per heavy atom. The van der Waals surface area contributed by atoms with E-state index in [1.807, 2.05) is 83.8 Å². The molecule has 1 heterocycles. The Morgan fingerprint density at radius 2 is 1.57 bits per heavy atom. The Bertz CT molecular complexity index is 1380. The van der Waals surface area contributed by atoms with Gasteiger partial charge in [0.1, 0.15) is 18.4 Å². The van der Waals surface area contributed by atoms with Gasteiger partial charge in [-0.25, -0.2) is 4.79 Å². The lowest BCUT2D eigenvalue weighted by Gasteiger charge is -2.32. The van der Waals surface area contributed by atoms with Crippen molar-refractivity contribution in [2.24, 2.45) is 5.73 Å². The van der Waals surface area contributed by atoms with Gasteiger partial charge in [0.15, 0.2) is 0 Å². The van der Waals surface area contributed by atoms with Crippen molar-refractivity contribution in [3.63, 3.8) is 0 Å². The van der Waals surface area contributed by atoms with E-state index in [0.717, 1.165) is 36.0 Å². The van der Waals surface area contributed by atoms with Gasteiger partial charge in [-0.05, 0) is 60.9 Å². The number of piperidine rings is 1. The van der Waals surface area contributed by atoms with Gasteiger partial charge in [-0.3, -0.25) is 9.59 Å². The zero-order valence-electron chi connectivity index (χ0n) is 26.6. The smallest absolute Gasteiger partial charge is 0.408 e. The first-order valence-electron chi connectivity index (χ1n) is 16.0. The molecule has 4 rings (SSSR count). The molecule has 0 saturated carbocycles. The number of nitrogens with one attached hydrogen (secondary N) is 1. The summed E-state index contributed by atoms with van der Waals surface area (Å²) in [4.78, 5) is 43.6. The van der Waals surface area contributed by atoms with E-state index < -0.39 is 30.2 Å². The van der Waals surface area contributed by atoms with E-state index in [4.69, 9.17) is 15.2 Å². The van der Waals surface area contributed by atoms with Crippen molar-refractivity contribution in [3.05, 3.63) is 102 Å². The minimum Gasteiger partial charge on any atom is -0.497 e. The molecule has 0 aromatic heterocycles. The standard InChI is InChI=1S/C36H46N4O6/c1-45-30-17-11-16-29(22-30)24-40(25-33(41)31(37)23-27-12-5-2-6-13-27)35(43)32(18-19-34(42)39-20-9-4-10-21-39)38-36(44)46-26-28-14-7-3-8-15-28/h2-3,5-8,11-17,22,31-33,41H,4,9-10,18-21,23-26,37H2,1H3,(H,38,44)/t31-,32+,33+/m0/s1. The average molecular weight is 631 g/mol. The fourth-order valence-corrected chi connectivity index (χ4v) is 5.56. The summed E-state index contributed by atoms with van der Waals surface area (Å²) in [7, 11) is 1.56. The Kier molecular flexibility index (Phi) is 13.4. The van der Waals surface area contributed by atoms with E-state index in [1.165, 1.54) is 4.90 Å². The lowest BCUT2D eigenvalue weighted by molar-refractivity contribution is -0.136. The highest BCUT2D eigenvalue weighted by Crippen LogP contribution is 2.18. The molecule has 1 saturated heterocycles. The number of methoxy groups -OCH3 is 1. The highest BCUT2D eigenvalue weighted by Gasteiger charge is 2.31. The molecular formula is C36H46N4O6. The number of carbonyl (C=O) groups excluding carboxylic acids is 3. The monoisotopic (exact) mass is 630 g/mol. The van der Waals surface area contributed by atoms with E-state index in [-0.39, 0.29) is 38.4 Å². The number of likely N-dealkylation sites (tertiary alicyclic amines) is 1. The second-order valence-electron chi connectivity index (χ2n) is 11.7. The van der Waals surface area contributed by atoms with Gasteiger partial charge in [-0.15, -0.1) is 0 Å². The van der Waals surface area contributed by atoms with Crippen molar-refractivity contribution >= 4 is 17.9 Å². The summed E-state index contributed by atoms with van der Waals surface area (Å²) >= 11 is 0. The molecule has 1 aliphatic heterocycles. The number of hydrogen-bond donors (Lipinski definition) is 3. The summed E-state index contributed by atoms with van der Waals surface area (Å²) in [5.41, 5.74) is 8.96. The van der Waals surface area contributed by atoms with Crippen LogP contribution in [0.2, 0.25) is 0 Å². The first-order valence-corrected chi connectivity index (χ1v) is 16.0. The van der Waals surface area contributed by atoms with Gasteiger partial charge in [0.25, 0.3) is 0 Å². The molecule has 0 unspecified atom stereocenters. The number of hydrogen-bond acceptors (Lipinski definition) is 7. The molecule has 0 bridgehead atoms. The lowest BCUT2D eigenvalue weighted by atomic mass is 10.0. The Hall–Kier alpha value is -4.41. The average Bonchev–Trinajstić information content (AvgIpc) is 3.09. The topological polar surface area (TPSA) is 134 Å². The van der Waals surface area contributed by atoms with Crippen LogP contribution >= 0.6 is 0 Å². The van der Waals surface area contributed by atoms with Crippen LogP contribution in [0.3, 0.4) is 0 Å². The quantitative estimate of drug-likeness (QED) is 0.231. The van der Waals surface area contributed by atoms with Crippen LogP contribution in [0, 0.1) is 0 Å². The van der Waals surface area contributed by atoms with Crippen molar-refractivity contribution in [2.75, 3.05) is 26.7 Å². The maximum absolute atomic E-state index is 14.3. The number of alkyl carbamates (subject to hydrolysis) is 1. The molecule has 3 amide bonds. The van der Waals surface area contributed by atoms with Crippen molar-refractivity contribution in [3.8, 4) is 5.75 Å². The van der Waals surface area contributed by atoms with Gasteiger partial charge in [0, 0.05) is 38.6 Å². The van der Waals surface area contributed by atoms with Crippen LogP contribution in [0.5, 0.6) is 5.75 Å². The highest BCUT2D eigenvalue weighted by atomic mass is 16.5. The second kappa shape index (κ2) is 17.9. The number of ether oxygens (including phenoxy) is 2. The molecule has 0 spiro atoms. The third-order valence-electron chi connectivity index (χ3n) is 8.19. The fraction of sp³-hybridized carbons (Fsp3) is 0.417. The maximum atomic E-state index is 14.3. The Balaban J connectivity index is 1.52. The summed E-state index contributed by atoms with van der Waals surface area (Å²) in [6.45, 7) is 1.46. The maximum Gasteiger partial charge on any atom is 0.408 e. The van der Waals surface area contributed by atoms with Crippen LogP contribution < -0.4 is 15.8 Å². The second-order valence-corrected chi connectivity index (χ2v) is 11.7. The van der Waals surface area contributed by atoms with Crippen molar-refractivity contribution in [1.82, 2.24) is 15.1 Å². The van der Waals surface area contributed by atoms with Crippen LogP contribution in [0.1, 0.15) is 48.8 Å². The van der Waals surface area contributed by atoms with Gasteiger partial charge < -0.3 is 35.4 Å². The molecule has 1 aliphatic rings. The number of aliphatic hydroxyl groups is 1. The first-order chi connectivity index (χ1) is 22.3. The summed E-state index contributed by atoms with van der Waals surface area (Å²) in [5.74, 6) is 0.121. The van der Waals surface area contributed by atoms with E-state index in [2.05, 4.69) is 5.32 Å². The van der Waals surface area contributed by atoms with E-state index in [9.17, 15) is 19.5 Å². The molecular weight excluding hydrogens is 584 g/mol. The Labute approximate surface area is 271 Å². The Morgan fingerprint density at radius 1 is 0.913 bits per heavy atom. The number of aliphatic hydroxyl groups excluding tert-OH is 1. The minimum atomic E-state index is -1.07. The van der Waals surface area contributed by atoms with Crippen LogP contribution in [0.4, 0.5) is 4.79 Å². The number of nitrogens with zero attached hydrogens (tertiary/aromatic N) is 2. The van der Waals surface area contributed by atoms with Gasteiger partial charge in [-0.2, -0.15) is 0 Å². The lowest BCUT2D eigenvalue weighted by Crippen LogP contribution is -2.53. The van der Waals surface area contributed by atoms with Gasteiger partial charge in [0.05, 0.1) is 13.2 Å². The molecule has 46 heavy (non-hydrogen) atoms. The third-order valence-corrected chi connectivity index (χ3v) is 8.19. The summed E-state index contributed by atoms with van der Waals surface area (Å²) in [5, 5.41) is 13.9. The number of benzene rings is 3. The molecule has 0 aliphatic carbocycles. The zero-order chi connectivity index (χ0) is 32.7. The van der Waals surface area contributed by atoms with Crippen molar-refractivity contribution in [1.29, 1.82) is 0 Å². The molecule has 1 fully saturated rings. The number of amides is 3. The van der Waals surface area contributed by atoms with E-state index in [1.54, 1.807) is 13.2 Å². The molecule has 3 aromatic carbocycles. The minimum absolute atomic E-state index is 0.0286. The molecule has 4 N–H and O–H groups in total. The van der Waals surface area contributed by atoms with E-state index in [0.29, 0.717) is 25.3 Å². The number of nitrogens with two attached hydrogens (primary N) is 1. The fourth-order valence-electron chi connectivity index (χ4n) is 5.56. The molecule has 246 valence electrons. The molecule has 3 aromatic rings. The largest absolute Gasteiger partial charge is 0.497 e. The molecule has 10 nitrogen and oxygen atoms in total. The van der Waals surface area contributed by atoms with Crippen LogP contribution in [0.25, 0.3) is 0 Å². The number of rotatable bonds is 15. The molecule has 0 radical (unpaired) electrons. The van der Waals surface area contributed by atoms with Gasteiger partial charge in [-0.1, -0.05) is 72.8 Å². The third kappa shape index (κ3) is 10.9. The predicted octanol–water partition coefficient (Wildman–Crippen LogP) is 4.04. The van der Waals surface area contributed by atoms with Crippen LogP contribution in [0.15, 0.2) is 84.9 Å². The SMILES string of the molecule is COc1cccc(CN(C[C@@H](O)[C@@H](N)Cc2ccccc2)C(=O)[C@@H](CCC(=O)N2CCCCC2)NC(=O)OCc2ccccc2)c1. The highest BCUT2D eigenvalue weighted by molar-refractivity contribution is 5.86. The van der Waals surface area contributed by atoms with Gasteiger partial charge >= 0.3 is 6.09 Å². The predicted molar refractivity (Wildman–Crippen MR) is 176 cm³/mol. The first kappa shape index (κ1) is 34.5. The summed E-state index contributed by atoms with van der Waals surface area (Å²) in [6.07, 6.45) is 1.75. The normalized spacial score (nSPS) is 14.9. The summed E-state index contributed by atoms with van der Waals surface area (Å²) < 4.78 is 10.8. The van der Waals surface area contributed by atoms with Crippen molar-refractivity contribution in [2.45, 2.75) is 69.9 Å². The zero-order valence-corrected chi connectivity index (χ0v) is 26.6. The molecule has 3 atom stereocenters. The van der Waals surface area contributed by atoms with Crippen LogP contribution in [-0.2, 0) is 33.9 Å². The summed E-state index contributed by atoms with van der Waals surface area (Å²) in [6, 6.07) is 24.4. The number of carbonyl (C=O) groups is 3.